The fourth-order valence-corrected chi connectivity index (χ4v) is 6.26. The number of carboxylic acids is 1. The molecule has 5 unspecified atom stereocenters. The topological polar surface area (TPSA) is 163 Å². The third-order valence-corrected chi connectivity index (χ3v) is 8.69. The minimum atomic E-state index is -1.27. The molecule has 244 valence electrons. The van der Waals surface area contributed by atoms with Crippen LogP contribution in [0, 0.1) is 0 Å². The van der Waals surface area contributed by atoms with Gasteiger partial charge in [-0.25, -0.2) is 9.59 Å². The minimum Gasteiger partial charge on any atom is -0.489 e. The summed E-state index contributed by atoms with van der Waals surface area (Å²) < 4.78 is 16.8. The number of aliphatic hydroxyl groups excluding tert-OH is 3. The highest BCUT2D eigenvalue weighted by Crippen LogP contribution is 2.34. The van der Waals surface area contributed by atoms with Crippen LogP contribution in [0.4, 0.5) is 0 Å². The van der Waals surface area contributed by atoms with Crippen LogP contribution in [0.25, 0.3) is 11.1 Å². The number of ether oxygens (including phenoxy) is 3. The molecule has 6 rings (SSSR count). The van der Waals surface area contributed by atoms with Crippen molar-refractivity contribution in [3.05, 3.63) is 87.9 Å². The predicted octanol–water partition coefficient (Wildman–Crippen LogP) is 4.17. The van der Waals surface area contributed by atoms with Crippen molar-refractivity contribution in [2.24, 2.45) is 0 Å². The zero-order valence-corrected chi connectivity index (χ0v) is 25.9. The zero-order valence-electron chi connectivity index (χ0n) is 25.2. The molecule has 3 aliphatic rings. The average Bonchev–Trinajstić information content (AvgIpc) is 3.63. The standard InChI is InChI=1S/C33H32ClNO9.CH4O/c34-28-9-4-20(12-27(28)33(41)44-30-15-24(37)14-29(43-30)32(39)40)19-3-1-2-18(10-19)17-42-25-7-8-26-21(11-25)16-35(31(26)38)22-5-6-23(36)13-22;1-2/h1-4,7-12,22-24,29-30,36-37H,5-6,13-17H2,(H,39,40);2H,1H3. The molecule has 0 spiro atoms. The van der Waals surface area contributed by atoms with Gasteiger partial charge in [-0.15, -0.1) is 0 Å². The lowest BCUT2D eigenvalue weighted by Gasteiger charge is -2.30. The van der Waals surface area contributed by atoms with Crippen LogP contribution in [0.3, 0.4) is 0 Å². The van der Waals surface area contributed by atoms with Gasteiger partial charge in [-0.2, -0.15) is 0 Å². The number of nitrogens with zero attached hydrogens (tertiary/aromatic N) is 1. The number of esters is 1. The molecule has 46 heavy (non-hydrogen) atoms. The van der Waals surface area contributed by atoms with Gasteiger partial charge >= 0.3 is 11.9 Å². The Kier molecular flexibility index (Phi) is 10.6. The second-order valence-electron chi connectivity index (χ2n) is 11.5. The fourth-order valence-electron chi connectivity index (χ4n) is 6.07. The maximum Gasteiger partial charge on any atom is 0.341 e. The van der Waals surface area contributed by atoms with Gasteiger partial charge in [-0.3, -0.25) is 4.79 Å². The third kappa shape index (κ3) is 7.51. The number of carbonyl (C=O) groups is 3. The van der Waals surface area contributed by atoms with Crippen LogP contribution in [-0.2, 0) is 27.4 Å². The van der Waals surface area contributed by atoms with E-state index in [-0.39, 0.29) is 48.1 Å². The SMILES string of the molecule is CO.O=C(OC1CC(O)CC(C(=O)O)O1)c1cc(-c2cccc(COc3ccc4c(c3)CN(C3CCC(O)C3)C4=O)c2)ccc1Cl. The number of halogens is 1. The molecule has 2 fully saturated rings. The number of carbonyl (C=O) groups excluding carboxylic acids is 2. The van der Waals surface area contributed by atoms with E-state index in [2.05, 4.69) is 0 Å². The van der Waals surface area contributed by atoms with Crippen molar-refractivity contribution < 1.29 is 49.0 Å². The Morgan fingerprint density at radius 3 is 2.48 bits per heavy atom. The normalized spacial score (nSPS) is 23.7. The average molecular weight is 654 g/mol. The van der Waals surface area contributed by atoms with Crippen LogP contribution < -0.4 is 4.74 Å². The summed E-state index contributed by atoms with van der Waals surface area (Å²) in [6, 6.07) is 18.1. The van der Waals surface area contributed by atoms with Crippen LogP contribution in [0.2, 0.25) is 5.02 Å². The Morgan fingerprint density at radius 1 is 0.957 bits per heavy atom. The first-order valence-corrected chi connectivity index (χ1v) is 15.4. The van der Waals surface area contributed by atoms with Crippen LogP contribution in [0.1, 0.15) is 63.9 Å². The number of benzene rings is 3. The fraction of sp³-hybridized carbons (Fsp3) is 0.382. The molecule has 2 heterocycles. The largest absolute Gasteiger partial charge is 0.489 e. The Bertz CT molecular complexity index is 1600. The molecule has 1 amide bonds. The summed E-state index contributed by atoms with van der Waals surface area (Å²) in [5, 5.41) is 36.3. The Hall–Kier alpha value is -4.00. The molecule has 4 N–H and O–H groups in total. The lowest BCUT2D eigenvalue weighted by Crippen LogP contribution is -2.42. The van der Waals surface area contributed by atoms with E-state index >= 15 is 0 Å². The summed E-state index contributed by atoms with van der Waals surface area (Å²) in [6.07, 6.45) is -1.81. The molecule has 1 aliphatic carbocycles. The van der Waals surface area contributed by atoms with Gasteiger partial charge in [-0.1, -0.05) is 35.9 Å². The Labute approximate surface area is 270 Å². The number of rotatable bonds is 8. The summed E-state index contributed by atoms with van der Waals surface area (Å²) >= 11 is 6.31. The maximum atomic E-state index is 13.0. The molecule has 0 bridgehead atoms. The molecule has 3 aromatic rings. The zero-order chi connectivity index (χ0) is 33.0. The first-order valence-electron chi connectivity index (χ1n) is 15.0. The monoisotopic (exact) mass is 653 g/mol. The first kappa shape index (κ1) is 33.4. The van der Waals surface area contributed by atoms with Crippen LogP contribution in [-0.4, -0.2) is 80.9 Å². The molecule has 1 saturated heterocycles. The molecule has 5 atom stereocenters. The highest BCUT2D eigenvalue weighted by atomic mass is 35.5. The number of aliphatic hydroxyl groups is 3. The van der Waals surface area contributed by atoms with E-state index in [9.17, 15) is 29.7 Å². The van der Waals surface area contributed by atoms with Crippen molar-refractivity contribution in [3.63, 3.8) is 0 Å². The van der Waals surface area contributed by atoms with Crippen molar-refractivity contribution in [2.45, 2.75) is 75.9 Å². The van der Waals surface area contributed by atoms with Crippen LogP contribution >= 0.6 is 11.6 Å². The Balaban J connectivity index is 0.00000204. The van der Waals surface area contributed by atoms with Crippen molar-refractivity contribution >= 4 is 29.4 Å². The quantitative estimate of drug-likeness (QED) is 0.260. The van der Waals surface area contributed by atoms with E-state index < -0.39 is 30.4 Å². The molecule has 1 saturated carbocycles. The first-order chi connectivity index (χ1) is 22.1. The molecule has 3 aromatic carbocycles. The van der Waals surface area contributed by atoms with Gasteiger partial charge in [0.1, 0.15) is 12.4 Å². The summed E-state index contributed by atoms with van der Waals surface area (Å²) in [7, 11) is 1.00. The molecule has 0 aromatic heterocycles. The highest BCUT2D eigenvalue weighted by molar-refractivity contribution is 6.33. The van der Waals surface area contributed by atoms with Gasteiger partial charge < -0.3 is 39.5 Å². The van der Waals surface area contributed by atoms with E-state index in [1.165, 1.54) is 0 Å². The van der Waals surface area contributed by atoms with Gasteiger partial charge in [-0.05, 0) is 77.9 Å². The van der Waals surface area contributed by atoms with Gasteiger partial charge in [0.25, 0.3) is 5.91 Å². The number of fused-ring (bicyclic) bond motifs is 1. The van der Waals surface area contributed by atoms with E-state index in [0.29, 0.717) is 29.8 Å². The summed E-state index contributed by atoms with van der Waals surface area (Å²) in [6.45, 7) is 0.779. The molecular weight excluding hydrogens is 618 g/mol. The molecular formula is C34H36ClNO10. The lowest BCUT2D eigenvalue weighted by molar-refractivity contribution is -0.204. The molecule has 0 radical (unpaired) electrons. The van der Waals surface area contributed by atoms with Crippen molar-refractivity contribution in [1.82, 2.24) is 4.90 Å². The summed E-state index contributed by atoms with van der Waals surface area (Å²) in [5.74, 6) is -1.39. The number of carboxylic acid groups (broad SMARTS) is 1. The van der Waals surface area contributed by atoms with Gasteiger partial charge in [0.15, 0.2) is 6.10 Å². The molecule has 2 aliphatic heterocycles. The second-order valence-corrected chi connectivity index (χ2v) is 11.9. The second kappa shape index (κ2) is 14.6. The van der Waals surface area contributed by atoms with Crippen molar-refractivity contribution in [2.75, 3.05) is 7.11 Å². The summed E-state index contributed by atoms with van der Waals surface area (Å²) in [4.78, 5) is 39.0. The van der Waals surface area contributed by atoms with E-state index in [0.717, 1.165) is 36.6 Å². The number of hydrogen-bond acceptors (Lipinski definition) is 9. The summed E-state index contributed by atoms with van der Waals surface area (Å²) in [5.41, 5.74) is 4.05. The van der Waals surface area contributed by atoms with Crippen LogP contribution in [0.5, 0.6) is 5.75 Å². The van der Waals surface area contributed by atoms with Gasteiger partial charge in [0, 0.05) is 38.1 Å². The Morgan fingerprint density at radius 2 is 1.74 bits per heavy atom. The van der Waals surface area contributed by atoms with Crippen LogP contribution in [0.15, 0.2) is 60.7 Å². The highest BCUT2D eigenvalue weighted by Gasteiger charge is 2.37. The minimum absolute atomic E-state index is 0.00196. The van der Waals surface area contributed by atoms with Crippen molar-refractivity contribution in [1.29, 1.82) is 0 Å². The molecule has 12 heteroatoms. The number of amides is 1. The molecule has 11 nitrogen and oxygen atoms in total. The number of aliphatic carboxylic acids is 1. The smallest absolute Gasteiger partial charge is 0.341 e. The third-order valence-electron chi connectivity index (χ3n) is 8.36. The number of hydrogen-bond donors (Lipinski definition) is 4. The maximum absolute atomic E-state index is 13.0. The lowest BCUT2D eigenvalue weighted by atomic mass is 10.0. The van der Waals surface area contributed by atoms with E-state index in [1.807, 2.05) is 35.2 Å². The van der Waals surface area contributed by atoms with E-state index in [1.54, 1.807) is 30.3 Å². The van der Waals surface area contributed by atoms with E-state index in [4.69, 9.17) is 30.9 Å². The van der Waals surface area contributed by atoms with Crippen molar-refractivity contribution in [3.8, 4) is 16.9 Å². The van der Waals surface area contributed by atoms with Gasteiger partial charge in [0.05, 0.1) is 22.8 Å². The van der Waals surface area contributed by atoms with Gasteiger partial charge in [0.2, 0.25) is 6.29 Å². The predicted molar refractivity (Wildman–Crippen MR) is 166 cm³/mol.